The highest BCUT2D eigenvalue weighted by Crippen LogP contribution is 2.28. The van der Waals surface area contributed by atoms with E-state index >= 15 is 0 Å². The summed E-state index contributed by atoms with van der Waals surface area (Å²) in [6, 6.07) is 17.5. The summed E-state index contributed by atoms with van der Waals surface area (Å²) in [4.78, 5) is 31.7. The fourth-order valence-corrected chi connectivity index (χ4v) is 4.58. The van der Waals surface area contributed by atoms with Crippen LogP contribution in [0.4, 0.5) is 0 Å². The summed E-state index contributed by atoms with van der Waals surface area (Å²) in [7, 11) is 0. The van der Waals surface area contributed by atoms with Crippen molar-refractivity contribution in [2.75, 3.05) is 13.1 Å². The number of carbonyl (C=O) groups is 2. The van der Waals surface area contributed by atoms with Crippen LogP contribution in [0.3, 0.4) is 0 Å². The maximum atomic E-state index is 12.8. The molecule has 1 aliphatic heterocycles. The van der Waals surface area contributed by atoms with E-state index in [-0.39, 0.29) is 17.7 Å². The Morgan fingerprint density at radius 3 is 2.42 bits per heavy atom. The Morgan fingerprint density at radius 2 is 1.77 bits per heavy atom. The fraction of sp³-hybridized carbons (Fsp3) is 0.292. The van der Waals surface area contributed by atoms with Gasteiger partial charge in [0.05, 0.1) is 5.69 Å². The zero-order valence-corrected chi connectivity index (χ0v) is 18.2. The number of amides is 2. The minimum Gasteiger partial charge on any atom is -0.441 e. The molecule has 0 unspecified atom stereocenters. The molecule has 2 N–H and O–H groups in total. The van der Waals surface area contributed by atoms with Crippen molar-refractivity contribution in [3.8, 4) is 11.5 Å². The zero-order valence-electron chi connectivity index (χ0n) is 17.4. The summed E-state index contributed by atoms with van der Waals surface area (Å²) in [6.45, 7) is 3.02. The Bertz CT molecular complexity index is 1060. The van der Waals surface area contributed by atoms with Gasteiger partial charge in [-0.25, -0.2) is 4.98 Å². The first-order chi connectivity index (χ1) is 15.0. The second-order valence-corrected chi connectivity index (χ2v) is 8.72. The van der Waals surface area contributed by atoms with Crippen LogP contribution in [0.15, 0.2) is 63.9 Å². The first kappa shape index (κ1) is 21.2. The van der Waals surface area contributed by atoms with E-state index in [9.17, 15) is 9.59 Å². The molecule has 0 bridgehead atoms. The number of aryl methyl sites for hydroxylation is 1. The molecule has 0 atom stereocenters. The molecule has 2 aromatic carbocycles. The quantitative estimate of drug-likeness (QED) is 0.584. The topological polar surface area (TPSA) is 89.4 Å². The smallest absolute Gasteiger partial charge is 0.253 e. The molecule has 1 aliphatic rings. The van der Waals surface area contributed by atoms with Gasteiger partial charge in [-0.3, -0.25) is 9.59 Å². The summed E-state index contributed by atoms with van der Waals surface area (Å²) in [5.74, 6) is 1.65. The number of thioether (sulfide) groups is 1. The Morgan fingerprint density at radius 1 is 1.10 bits per heavy atom. The van der Waals surface area contributed by atoms with Gasteiger partial charge in [0.1, 0.15) is 5.76 Å². The lowest BCUT2D eigenvalue weighted by molar-refractivity contribution is -0.123. The molecule has 4 rings (SSSR count). The number of nitrogens with two attached hydrogens (primary N) is 1. The van der Waals surface area contributed by atoms with Crippen LogP contribution in [0.25, 0.3) is 11.5 Å². The lowest BCUT2D eigenvalue weighted by atomic mass is 9.96. The number of carbonyl (C=O) groups excluding carboxylic acids is 2. The summed E-state index contributed by atoms with van der Waals surface area (Å²) < 4.78 is 5.88. The van der Waals surface area contributed by atoms with Crippen molar-refractivity contribution in [3.63, 3.8) is 0 Å². The molecule has 3 aromatic rings. The summed E-state index contributed by atoms with van der Waals surface area (Å²) in [5.41, 5.74) is 7.74. The van der Waals surface area contributed by atoms with Crippen molar-refractivity contribution in [1.82, 2.24) is 9.88 Å². The van der Waals surface area contributed by atoms with E-state index in [0.717, 1.165) is 22.8 Å². The van der Waals surface area contributed by atoms with Crippen LogP contribution < -0.4 is 5.73 Å². The second kappa shape index (κ2) is 9.39. The highest BCUT2D eigenvalue weighted by Gasteiger charge is 2.26. The Labute approximate surface area is 185 Å². The molecule has 2 heterocycles. The maximum absolute atomic E-state index is 12.8. The van der Waals surface area contributed by atoms with E-state index in [4.69, 9.17) is 10.2 Å². The van der Waals surface area contributed by atoms with Gasteiger partial charge in [0.25, 0.3) is 5.91 Å². The number of rotatable bonds is 6. The number of primary amides is 1. The SMILES string of the molecule is Cc1oc(-c2ccc(C(=O)N3CCC(C(N)=O)CC3)cc2)nc1CSc1ccccc1. The van der Waals surface area contributed by atoms with Gasteiger partial charge in [0.2, 0.25) is 11.8 Å². The van der Waals surface area contributed by atoms with Gasteiger partial charge in [0, 0.05) is 40.8 Å². The summed E-state index contributed by atoms with van der Waals surface area (Å²) in [5, 5.41) is 0. The van der Waals surface area contributed by atoms with Gasteiger partial charge in [-0.1, -0.05) is 18.2 Å². The monoisotopic (exact) mass is 435 g/mol. The predicted molar refractivity (Wildman–Crippen MR) is 121 cm³/mol. The van der Waals surface area contributed by atoms with Crippen molar-refractivity contribution >= 4 is 23.6 Å². The van der Waals surface area contributed by atoms with Crippen LogP contribution in [-0.2, 0) is 10.5 Å². The molecule has 1 aromatic heterocycles. The number of hydrogen-bond acceptors (Lipinski definition) is 5. The standard InChI is InChI=1S/C24H25N3O3S/c1-16-21(15-31-20-5-3-2-4-6-20)26-23(30-16)18-7-9-19(10-8-18)24(29)27-13-11-17(12-14-27)22(25)28/h2-10,17H,11-15H2,1H3,(H2,25,28). The molecule has 1 saturated heterocycles. The van der Waals surface area contributed by atoms with Crippen LogP contribution in [0, 0.1) is 12.8 Å². The number of oxazole rings is 1. The first-order valence-electron chi connectivity index (χ1n) is 10.3. The minimum atomic E-state index is -0.278. The van der Waals surface area contributed by atoms with Gasteiger partial charge >= 0.3 is 0 Å². The molecule has 6 nitrogen and oxygen atoms in total. The molecule has 7 heteroatoms. The van der Waals surface area contributed by atoms with Gasteiger partial charge in [0.15, 0.2) is 0 Å². The molecular weight excluding hydrogens is 410 g/mol. The van der Waals surface area contributed by atoms with E-state index in [1.54, 1.807) is 28.8 Å². The Kier molecular flexibility index (Phi) is 6.42. The van der Waals surface area contributed by atoms with Crippen LogP contribution in [0.1, 0.15) is 34.7 Å². The van der Waals surface area contributed by atoms with E-state index in [1.807, 2.05) is 37.3 Å². The van der Waals surface area contributed by atoms with Crippen molar-refractivity contribution in [2.45, 2.75) is 30.4 Å². The van der Waals surface area contributed by atoms with E-state index in [2.05, 4.69) is 17.1 Å². The molecule has 0 spiro atoms. The van der Waals surface area contributed by atoms with Crippen molar-refractivity contribution in [3.05, 3.63) is 71.6 Å². The number of piperidine rings is 1. The molecule has 1 fully saturated rings. The predicted octanol–water partition coefficient (Wildman–Crippen LogP) is 4.28. The van der Waals surface area contributed by atoms with Crippen LogP contribution in [0.5, 0.6) is 0 Å². The van der Waals surface area contributed by atoms with E-state index in [1.165, 1.54) is 4.90 Å². The summed E-state index contributed by atoms with van der Waals surface area (Å²) in [6.07, 6.45) is 1.25. The molecule has 0 saturated carbocycles. The van der Waals surface area contributed by atoms with Crippen LogP contribution in [-0.4, -0.2) is 34.8 Å². The van der Waals surface area contributed by atoms with Gasteiger partial charge in [-0.05, 0) is 56.2 Å². The van der Waals surface area contributed by atoms with E-state index < -0.39 is 0 Å². The number of nitrogens with zero attached hydrogens (tertiary/aromatic N) is 2. The Balaban J connectivity index is 1.40. The highest BCUT2D eigenvalue weighted by molar-refractivity contribution is 7.98. The third-order valence-corrected chi connectivity index (χ3v) is 6.60. The largest absolute Gasteiger partial charge is 0.441 e. The number of hydrogen-bond donors (Lipinski definition) is 1. The second-order valence-electron chi connectivity index (χ2n) is 7.67. The average molecular weight is 436 g/mol. The molecule has 160 valence electrons. The molecule has 31 heavy (non-hydrogen) atoms. The minimum absolute atomic E-state index is 0.0296. The fourth-order valence-electron chi connectivity index (χ4n) is 3.66. The van der Waals surface area contributed by atoms with Crippen molar-refractivity contribution < 1.29 is 14.0 Å². The number of benzene rings is 2. The van der Waals surface area contributed by atoms with Gasteiger partial charge < -0.3 is 15.1 Å². The molecule has 2 amide bonds. The normalized spacial score (nSPS) is 14.5. The number of aromatic nitrogens is 1. The summed E-state index contributed by atoms with van der Waals surface area (Å²) >= 11 is 1.72. The van der Waals surface area contributed by atoms with Crippen LogP contribution >= 0.6 is 11.8 Å². The third kappa shape index (κ3) is 4.99. The van der Waals surface area contributed by atoms with Gasteiger partial charge in [-0.2, -0.15) is 0 Å². The lowest BCUT2D eigenvalue weighted by Crippen LogP contribution is -2.41. The van der Waals surface area contributed by atoms with Crippen molar-refractivity contribution in [1.29, 1.82) is 0 Å². The Hall–Kier alpha value is -3.06. The highest BCUT2D eigenvalue weighted by atomic mass is 32.2. The van der Waals surface area contributed by atoms with E-state index in [0.29, 0.717) is 37.4 Å². The third-order valence-electron chi connectivity index (χ3n) is 5.57. The van der Waals surface area contributed by atoms with Gasteiger partial charge in [-0.15, -0.1) is 11.8 Å². The first-order valence-corrected chi connectivity index (χ1v) is 11.3. The zero-order chi connectivity index (χ0) is 21.8. The number of likely N-dealkylation sites (tertiary alicyclic amines) is 1. The van der Waals surface area contributed by atoms with Crippen molar-refractivity contribution in [2.24, 2.45) is 11.7 Å². The molecule has 0 aliphatic carbocycles. The molecular formula is C24H25N3O3S. The lowest BCUT2D eigenvalue weighted by Gasteiger charge is -2.30. The molecule has 0 radical (unpaired) electrons. The average Bonchev–Trinajstić information content (AvgIpc) is 3.18. The van der Waals surface area contributed by atoms with Crippen LogP contribution in [0.2, 0.25) is 0 Å². The maximum Gasteiger partial charge on any atom is 0.253 e.